The van der Waals surface area contributed by atoms with Gasteiger partial charge in [0.25, 0.3) is 0 Å². The van der Waals surface area contributed by atoms with Gasteiger partial charge in [0.1, 0.15) is 0 Å². The molecule has 0 atom stereocenters. The summed E-state index contributed by atoms with van der Waals surface area (Å²) in [6.45, 7) is 8.20. The summed E-state index contributed by atoms with van der Waals surface area (Å²) in [4.78, 5) is 6.42. The second kappa shape index (κ2) is 4.62. The van der Waals surface area contributed by atoms with Crippen molar-refractivity contribution in [2.75, 3.05) is 18.5 Å². The highest BCUT2D eigenvalue weighted by molar-refractivity contribution is 5.45. The zero-order valence-electron chi connectivity index (χ0n) is 10.1. The molecule has 0 aromatic carbocycles. The zero-order chi connectivity index (χ0) is 11.5. The third-order valence-corrected chi connectivity index (χ3v) is 2.16. The Bertz CT molecular complexity index is 315. The molecule has 0 aliphatic rings. The quantitative estimate of drug-likeness (QED) is 0.824. The Balaban J connectivity index is 2.77. The molecule has 0 amide bonds. The molecule has 0 spiro atoms. The van der Waals surface area contributed by atoms with Gasteiger partial charge in [-0.2, -0.15) is 0 Å². The molecule has 3 nitrogen and oxygen atoms in total. The monoisotopic (exact) mass is 207 g/mol. The molecule has 15 heavy (non-hydrogen) atoms. The van der Waals surface area contributed by atoms with Crippen LogP contribution in [0.25, 0.3) is 0 Å². The van der Waals surface area contributed by atoms with Gasteiger partial charge in [0.2, 0.25) is 0 Å². The number of pyridine rings is 1. The van der Waals surface area contributed by atoms with Crippen molar-refractivity contribution in [1.29, 1.82) is 0 Å². The largest absolute Gasteiger partial charge is 0.374 e. The number of nitrogens with two attached hydrogens (primary N) is 1. The van der Waals surface area contributed by atoms with E-state index in [0.29, 0.717) is 12.0 Å². The van der Waals surface area contributed by atoms with Crippen LogP contribution in [0.3, 0.4) is 0 Å². The van der Waals surface area contributed by atoms with Gasteiger partial charge < -0.3 is 10.6 Å². The van der Waals surface area contributed by atoms with Crippen LogP contribution in [0.4, 0.5) is 5.69 Å². The van der Waals surface area contributed by atoms with Crippen LogP contribution in [-0.4, -0.2) is 18.6 Å². The minimum absolute atomic E-state index is 0.293. The van der Waals surface area contributed by atoms with Crippen LogP contribution in [0.1, 0.15) is 26.5 Å². The summed E-state index contributed by atoms with van der Waals surface area (Å²) >= 11 is 0. The van der Waals surface area contributed by atoms with Crippen molar-refractivity contribution >= 4 is 5.69 Å². The fourth-order valence-electron chi connectivity index (χ4n) is 1.62. The average Bonchev–Trinajstić information content (AvgIpc) is 2.15. The van der Waals surface area contributed by atoms with E-state index < -0.39 is 0 Å². The number of hydrogen-bond donors (Lipinski definition) is 1. The van der Waals surface area contributed by atoms with E-state index in [4.69, 9.17) is 5.73 Å². The lowest BCUT2D eigenvalue weighted by atomic mass is 9.96. The van der Waals surface area contributed by atoms with Crippen LogP contribution in [0.5, 0.6) is 0 Å². The molecule has 0 saturated carbocycles. The molecule has 0 bridgehead atoms. The van der Waals surface area contributed by atoms with E-state index in [2.05, 4.69) is 37.7 Å². The first-order valence-corrected chi connectivity index (χ1v) is 5.28. The molecule has 2 N–H and O–H groups in total. The number of hydrogen-bond acceptors (Lipinski definition) is 3. The van der Waals surface area contributed by atoms with Gasteiger partial charge in [-0.25, -0.2) is 0 Å². The van der Waals surface area contributed by atoms with Crippen molar-refractivity contribution in [3.05, 3.63) is 24.0 Å². The van der Waals surface area contributed by atoms with Crippen molar-refractivity contribution in [3.8, 4) is 0 Å². The molecule has 1 heterocycles. The predicted octanol–water partition coefficient (Wildman–Crippen LogP) is 2.02. The van der Waals surface area contributed by atoms with E-state index in [1.807, 2.05) is 18.3 Å². The maximum atomic E-state index is 5.57. The highest BCUT2D eigenvalue weighted by Gasteiger charge is 2.14. The van der Waals surface area contributed by atoms with Crippen molar-refractivity contribution in [3.63, 3.8) is 0 Å². The summed E-state index contributed by atoms with van der Waals surface area (Å²) in [7, 11) is 2.10. The summed E-state index contributed by atoms with van der Waals surface area (Å²) in [5.41, 5.74) is 7.98. The highest BCUT2D eigenvalue weighted by Crippen LogP contribution is 2.20. The van der Waals surface area contributed by atoms with E-state index in [0.717, 1.165) is 12.2 Å². The molecule has 3 heteroatoms. The Kier molecular flexibility index (Phi) is 3.69. The number of anilines is 1. The summed E-state index contributed by atoms with van der Waals surface area (Å²) in [5, 5.41) is 0. The Hall–Kier alpha value is -1.09. The summed E-state index contributed by atoms with van der Waals surface area (Å²) in [5.74, 6) is 0. The topological polar surface area (TPSA) is 42.2 Å². The molecule has 1 rings (SSSR count). The molecule has 0 fully saturated rings. The lowest BCUT2D eigenvalue weighted by Crippen LogP contribution is -2.29. The molecule has 1 aromatic heterocycles. The fourth-order valence-corrected chi connectivity index (χ4v) is 1.62. The lowest BCUT2D eigenvalue weighted by Gasteiger charge is -2.28. The molecular weight excluding hydrogens is 186 g/mol. The number of nitrogens with zero attached hydrogens (tertiary/aromatic N) is 2. The van der Waals surface area contributed by atoms with Gasteiger partial charge in [-0.1, -0.05) is 20.8 Å². The van der Waals surface area contributed by atoms with E-state index in [9.17, 15) is 0 Å². The first kappa shape index (κ1) is 12.0. The van der Waals surface area contributed by atoms with Crippen molar-refractivity contribution in [1.82, 2.24) is 4.98 Å². The van der Waals surface area contributed by atoms with Gasteiger partial charge in [0.05, 0.1) is 5.69 Å². The van der Waals surface area contributed by atoms with Crippen LogP contribution >= 0.6 is 0 Å². The predicted molar refractivity (Wildman–Crippen MR) is 64.9 cm³/mol. The van der Waals surface area contributed by atoms with Crippen LogP contribution < -0.4 is 10.6 Å². The lowest BCUT2D eigenvalue weighted by molar-refractivity contribution is 0.419. The number of rotatable bonds is 3. The molecular formula is C12H21N3. The smallest absolute Gasteiger partial charge is 0.0560 e. The standard InChI is InChI=1S/C12H21N3/c1-12(2,3)9-15(4)11-5-6-14-10(7-11)8-13/h5-7H,8-9,13H2,1-4H3. The Morgan fingerprint density at radius 3 is 2.60 bits per heavy atom. The summed E-state index contributed by atoms with van der Waals surface area (Å²) in [6.07, 6.45) is 1.82. The third kappa shape index (κ3) is 3.88. The van der Waals surface area contributed by atoms with E-state index in [-0.39, 0.29) is 0 Å². The second-order valence-electron chi connectivity index (χ2n) is 5.13. The van der Waals surface area contributed by atoms with Gasteiger partial charge in [-0.15, -0.1) is 0 Å². The van der Waals surface area contributed by atoms with Crippen LogP contribution in [-0.2, 0) is 6.54 Å². The maximum absolute atomic E-state index is 5.57. The van der Waals surface area contributed by atoms with Crippen molar-refractivity contribution < 1.29 is 0 Å². The minimum Gasteiger partial charge on any atom is -0.374 e. The van der Waals surface area contributed by atoms with E-state index >= 15 is 0 Å². The Morgan fingerprint density at radius 1 is 1.40 bits per heavy atom. The van der Waals surface area contributed by atoms with Crippen LogP contribution in [0.2, 0.25) is 0 Å². The minimum atomic E-state index is 0.293. The van der Waals surface area contributed by atoms with Gasteiger partial charge in [-0.05, 0) is 17.5 Å². The molecule has 1 aromatic rings. The molecule has 0 aliphatic carbocycles. The fraction of sp³-hybridized carbons (Fsp3) is 0.583. The summed E-state index contributed by atoms with van der Waals surface area (Å²) in [6, 6.07) is 4.07. The highest BCUT2D eigenvalue weighted by atomic mass is 15.1. The van der Waals surface area contributed by atoms with Gasteiger partial charge in [0.15, 0.2) is 0 Å². The van der Waals surface area contributed by atoms with Gasteiger partial charge in [-0.3, -0.25) is 4.98 Å². The first-order chi connectivity index (χ1) is 6.92. The maximum Gasteiger partial charge on any atom is 0.0560 e. The molecule has 0 saturated heterocycles. The Morgan fingerprint density at radius 2 is 2.07 bits per heavy atom. The van der Waals surface area contributed by atoms with E-state index in [1.165, 1.54) is 5.69 Å². The Labute approximate surface area is 92.3 Å². The molecule has 0 radical (unpaired) electrons. The normalized spacial score (nSPS) is 11.5. The first-order valence-electron chi connectivity index (χ1n) is 5.28. The molecule has 0 unspecified atom stereocenters. The average molecular weight is 207 g/mol. The van der Waals surface area contributed by atoms with E-state index in [1.54, 1.807) is 0 Å². The van der Waals surface area contributed by atoms with Gasteiger partial charge in [0, 0.05) is 32.0 Å². The number of aromatic nitrogens is 1. The third-order valence-electron chi connectivity index (χ3n) is 2.16. The van der Waals surface area contributed by atoms with Gasteiger partial charge >= 0.3 is 0 Å². The molecule has 84 valence electrons. The molecule has 0 aliphatic heterocycles. The van der Waals surface area contributed by atoms with Crippen molar-refractivity contribution in [2.45, 2.75) is 27.3 Å². The second-order valence-corrected chi connectivity index (χ2v) is 5.13. The zero-order valence-corrected chi connectivity index (χ0v) is 10.1. The van der Waals surface area contributed by atoms with Crippen molar-refractivity contribution in [2.24, 2.45) is 11.1 Å². The van der Waals surface area contributed by atoms with Crippen LogP contribution in [0.15, 0.2) is 18.3 Å². The summed E-state index contributed by atoms with van der Waals surface area (Å²) < 4.78 is 0. The van der Waals surface area contributed by atoms with Crippen LogP contribution in [0, 0.1) is 5.41 Å². The SMILES string of the molecule is CN(CC(C)(C)C)c1ccnc(CN)c1.